The summed E-state index contributed by atoms with van der Waals surface area (Å²) in [6, 6.07) is -0.792. The molecule has 13 heteroatoms. The van der Waals surface area contributed by atoms with E-state index < -0.39 is 63.5 Å². The molecule has 6 nitrogen and oxygen atoms in total. The minimum atomic E-state index is -3.55. The van der Waals surface area contributed by atoms with E-state index in [0.29, 0.717) is 5.75 Å². The summed E-state index contributed by atoms with van der Waals surface area (Å²) >= 11 is 1.28. The molecule has 0 aliphatic carbocycles. The molecule has 1 atom stereocenters. The molecule has 1 aliphatic rings. The first-order chi connectivity index (χ1) is 11.6. The predicted octanol–water partition coefficient (Wildman–Crippen LogP) is 1.97. The Morgan fingerprint density at radius 1 is 1.12 bits per heavy atom. The van der Waals surface area contributed by atoms with Gasteiger partial charge in [-0.3, -0.25) is 5.32 Å². The molecule has 1 fully saturated rings. The van der Waals surface area contributed by atoms with Crippen LogP contribution in [-0.2, 0) is 14.8 Å². The van der Waals surface area contributed by atoms with Crippen LogP contribution < -0.4 is 10.0 Å². The van der Waals surface area contributed by atoms with E-state index in [-0.39, 0.29) is 11.5 Å². The number of carbonyl (C=O) groups excluding carboxylic acids is 1. The van der Waals surface area contributed by atoms with Crippen LogP contribution in [0.5, 0.6) is 0 Å². The van der Waals surface area contributed by atoms with Gasteiger partial charge in [0.25, 0.3) is 0 Å². The van der Waals surface area contributed by atoms with E-state index >= 15 is 0 Å². The number of hydrogen-bond donors (Lipinski definition) is 2. The molecule has 2 rings (SSSR count). The molecule has 1 aromatic rings. The van der Waals surface area contributed by atoms with Crippen LogP contribution in [0.4, 0.5) is 32.4 Å². The van der Waals surface area contributed by atoms with Gasteiger partial charge in [0, 0.05) is 11.5 Å². The van der Waals surface area contributed by atoms with E-state index in [1.807, 2.05) is 0 Å². The van der Waals surface area contributed by atoms with E-state index in [0.717, 1.165) is 0 Å². The number of carbonyl (C=O) groups is 1. The average Bonchev–Trinajstić information content (AvgIpc) is 2.73. The highest BCUT2D eigenvalue weighted by Gasteiger charge is 2.28. The van der Waals surface area contributed by atoms with Gasteiger partial charge in [-0.05, 0) is 0 Å². The fraction of sp³-hybridized carbons (Fsp3) is 0.417. The van der Waals surface area contributed by atoms with Gasteiger partial charge in [0.1, 0.15) is 12.3 Å². The van der Waals surface area contributed by atoms with Crippen molar-refractivity contribution in [3.05, 3.63) is 29.1 Å². The molecular weight excluding hydrogens is 395 g/mol. The maximum absolute atomic E-state index is 13.4. The van der Waals surface area contributed by atoms with Crippen molar-refractivity contribution in [1.29, 1.82) is 0 Å². The molecule has 1 aliphatic heterocycles. The van der Waals surface area contributed by atoms with Crippen LogP contribution in [0, 0.1) is 29.1 Å². The van der Waals surface area contributed by atoms with Gasteiger partial charge in [-0.1, -0.05) is 0 Å². The minimum absolute atomic E-state index is 0.120. The second-order valence-electron chi connectivity index (χ2n) is 4.88. The van der Waals surface area contributed by atoms with Gasteiger partial charge in [0.15, 0.2) is 23.3 Å². The lowest BCUT2D eigenvalue weighted by atomic mass is 10.2. The number of thioether (sulfide) groups is 1. The van der Waals surface area contributed by atoms with Crippen molar-refractivity contribution in [3.63, 3.8) is 0 Å². The van der Waals surface area contributed by atoms with Gasteiger partial charge in [0.2, 0.25) is 15.8 Å². The largest absolute Gasteiger partial charge is 0.448 e. The number of amides is 1. The third kappa shape index (κ3) is 4.73. The fourth-order valence-corrected chi connectivity index (χ4v) is 4.71. The molecule has 1 saturated heterocycles. The number of ether oxygens (including phenoxy) is 1. The van der Waals surface area contributed by atoms with E-state index in [1.165, 1.54) is 17.1 Å². The molecule has 0 spiro atoms. The lowest BCUT2D eigenvalue weighted by Gasteiger charge is -2.16. The Bertz CT molecular complexity index is 761. The quantitative estimate of drug-likeness (QED) is 0.456. The SMILES string of the molecule is O=C(Nc1c(F)c(F)c(F)c(F)c1F)OC[C@@H]1CSCCS(=O)(=O)N1. The third-order valence-electron chi connectivity index (χ3n) is 3.01. The monoisotopic (exact) mass is 406 g/mol. The maximum Gasteiger partial charge on any atom is 0.411 e. The number of rotatable bonds is 3. The Labute approximate surface area is 143 Å². The molecule has 0 unspecified atom stereocenters. The van der Waals surface area contributed by atoms with Crippen molar-refractivity contribution in [2.24, 2.45) is 0 Å². The van der Waals surface area contributed by atoms with Crippen LogP contribution in [0.2, 0.25) is 0 Å². The van der Waals surface area contributed by atoms with E-state index in [9.17, 15) is 35.2 Å². The van der Waals surface area contributed by atoms with Gasteiger partial charge < -0.3 is 4.74 Å². The molecule has 1 amide bonds. The first-order valence-electron chi connectivity index (χ1n) is 6.65. The molecule has 0 radical (unpaired) electrons. The zero-order chi connectivity index (χ0) is 18.8. The Morgan fingerprint density at radius 3 is 2.28 bits per heavy atom. The van der Waals surface area contributed by atoms with Gasteiger partial charge in [0.05, 0.1) is 11.8 Å². The van der Waals surface area contributed by atoms with Crippen LogP contribution >= 0.6 is 11.8 Å². The topological polar surface area (TPSA) is 84.5 Å². The smallest absolute Gasteiger partial charge is 0.411 e. The Morgan fingerprint density at radius 2 is 1.68 bits per heavy atom. The van der Waals surface area contributed by atoms with Crippen molar-refractivity contribution >= 4 is 33.6 Å². The first-order valence-corrected chi connectivity index (χ1v) is 9.46. The summed E-state index contributed by atoms with van der Waals surface area (Å²) in [6.07, 6.45) is -1.50. The molecule has 140 valence electrons. The van der Waals surface area contributed by atoms with E-state index in [1.54, 1.807) is 0 Å². The second-order valence-corrected chi connectivity index (χ2v) is 7.90. The van der Waals surface area contributed by atoms with Crippen molar-refractivity contribution in [1.82, 2.24) is 4.72 Å². The summed E-state index contributed by atoms with van der Waals surface area (Å²) in [5.41, 5.74) is -1.56. The molecule has 0 saturated carbocycles. The number of anilines is 1. The lowest BCUT2D eigenvalue weighted by Crippen LogP contribution is -2.40. The first kappa shape index (κ1) is 19.7. The summed E-state index contributed by atoms with van der Waals surface area (Å²) in [4.78, 5) is 11.5. The Hall–Kier alpha value is -1.60. The Balaban J connectivity index is 2.04. The minimum Gasteiger partial charge on any atom is -0.448 e. The van der Waals surface area contributed by atoms with Crippen molar-refractivity contribution < 1.29 is 39.9 Å². The molecule has 1 aromatic carbocycles. The van der Waals surface area contributed by atoms with Crippen LogP contribution in [-0.4, -0.2) is 44.4 Å². The maximum atomic E-state index is 13.4. The van der Waals surface area contributed by atoms with Crippen LogP contribution in [0.15, 0.2) is 0 Å². The van der Waals surface area contributed by atoms with Crippen molar-refractivity contribution in [2.75, 3.05) is 29.2 Å². The normalized spacial score (nSPS) is 20.0. The molecule has 1 heterocycles. The predicted molar refractivity (Wildman–Crippen MR) is 79.2 cm³/mol. The zero-order valence-corrected chi connectivity index (χ0v) is 13.9. The highest BCUT2D eigenvalue weighted by Crippen LogP contribution is 2.27. The summed E-state index contributed by atoms with van der Waals surface area (Å²) in [7, 11) is -3.55. The number of nitrogens with one attached hydrogen (secondary N) is 2. The summed E-state index contributed by atoms with van der Waals surface area (Å²) in [6.45, 7) is -0.493. The summed E-state index contributed by atoms with van der Waals surface area (Å²) in [5.74, 6) is -10.8. The summed E-state index contributed by atoms with van der Waals surface area (Å²) < 4.78 is 95.7. The van der Waals surface area contributed by atoms with Gasteiger partial charge in [-0.25, -0.2) is 39.9 Å². The van der Waals surface area contributed by atoms with Crippen LogP contribution in [0.1, 0.15) is 0 Å². The average molecular weight is 406 g/mol. The van der Waals surface area contributed by atoms with Gasteiger partial charge >= 0.3 is 6.09 Å². The summed E-state index contributed by atoms with van der Waals surface area (Å²) in [5, 5.41) is 1.42. The van der Waals surface area contributed by atoms with E-state index in [4.69, 9.17) is 0 Å². The molecule has 2 N–H and O–H groups in total. The number of sulfonamides is 1. The van der Waals surface area contributed by atoms with Crippen molar-refractivity contribution in [3.8, 4) is 0 Å². The Kier molecular flexibility index (Phi) is 6.11. The highest BCUT2D eigenvalue weighted by molar-refractivity contribution is 8.00. The molecular formula is C12H11F5N2O4S2. The fourth-order valence-electron chi connectivity index (χ4n) is 1.85. The number of hydrogen-bond acceptors (Lipinski definition) is 5. The van der Waals surface area contributed by atoms with Gasteiger partial charge in [-0.2, -0.15) is 11.8 Å². The molecule has 25 heavy (non-hydrogen) atoms. The zero-order valence-electron chi connectivity index (χ0n) is 12.2. The van der Waals surface area contributed by atoms with Crippen LogP contribution in [0.25, 0.3) is 0 Å². The standard InChI is InChI=1S/C12H11F5N2O4S2/c13-6-7(14)9(16)11(10(17)8(6)15)18-12(20)23-3-5-4-24-1-2-25(21,22)19-5/h5,19H,1-4H2,(H,18,20)/t5-/m1/s1. The highest BCUT2D eigenvalue weighted by atomic mass is 32.2. The lowest BCUT2D eigenvalue weighted by molar-refractivity contribution is 0.154. The van der Waals surface area contributed by atoms with E-state index in [2.05, 4.69) is 9.46 Å². The van der Waals surface area contributed by atoms with Gasteiger partial charge in [-0.15, -0.1) is 0 Å². The van der Waals surface area contributed by atoms with Crippen molar-refractivity contribution in [2.45, 2.75) is 6.04 Å². The number of halogens is 5. The third-order valence-corrected chi connectivity index (χ3v) is 5.84. The van der Waals surface area contributed by atoms with Crippen LogP contribution in [0.3, 0.4) is 0 Å². The second kappa shape index (κ2) is 7.74. The number of benzene rings is 1. The molecule has 0 bridgehead atoms. The molecule has 0 aromatic heterocycles.